The molecule has 3 rings (SSSR count). The molecule has 1 heterocycles. The Morgan fingerprint density at radius 3 is 2.44 bits per heavy atom. The number of benzene rings is 2. The van der Waals surface area contributed by atoms with Gasteiger partial charge in [-0.25, -0.2) is 0 Å². The summed E-state index contributed by atoms with van der Waals surface area (Å²) in [7, 11) is 0. The fourth-order valence-electron chi connectivity index (χ4n) is 3.49. The van der Waals surface area contributed by atoms with Crippen molar-refractivity contribution in [1.82, 2.24) is 10.2 Å². The molecule has 0 fully saturated rings. The first-order valence-electron chi connectivity index (χ1n) is 9.74. The Balaban J connectivity index is 1.89. The molecule has 1 atom stereocenters. The van der Waals surface area contributed by atoms with Gasteiger partial charge < -0.3 is 19.7 Å². The van der Waals surface area contributed by atoms with Crippen LogP contribution < -0.4 is 5.32 Å². The summed E-state index contributed by atoms with van der Waals surface area (Å²) in [6.07, 6.45) is 1.92. The van der Waals surface area contributed by atoms with Gasteiger partial charge in [-0.15, -0.1) is 0 Å². The van der Waals surface area contributed by atoms with Crippen molar-refractivity contribution in [3.63, 3.8) is 0 Å². The second kappa shape index (κ2) is 9.38. The average Bonchev–Trinajstić information content (AvgIpc) is 2.74. The van der Waals surface area contributed by atoms with E-state index in [-0.39, 0.29) is 6.04 Å². The number of rotatable bonds is 9. The maximum atomic E-state index is 11.7. The van der Waals surface area contributed by atoms with Crippen LogP contribution in [0.5, 0.6) is 0 Å². The largest absolute Gasteiger partial charge is 0.491 e. The Kier molecular flexibility index (Phi) is 6.66. The van der Waals surface area contributed by atoms with Gasteiger partial charge in [-0.1, -0.05) is 68.4 Å². The van der Waals surface area contributed by atoms with Gasteiger partial charge in [-0.2, -0.15) is 0 Å². The lowest BCUT2D eigenvalue weighted by Crippen LogP contribution is -2.28. The van der Waals surface area contributed by atoms with Crippen LogP contribution in [-0.2, 0) is 9.53 Å². The highest BCUT2D eigenvalue weighted by molar-refractivity contribution is 5.92. The second-order valence-corrected chi connectivity index (χ2v) is 6.64. The van der Waals surface area contributed by atoms with E-state index in [1.807, 2.05) is 54.6 Å². The van der Waals surface area contributed by atoms with Crippen LogP contribution in [-0.4, -0.2) is 37.4 Å². The van der Waals surface area contributed by atoms with E-state index in [0.29, 0.717) is 6.61 Å². The van der Waals surface area contributed by atoms with Crippen LogP contribution in [0.3, 0.4) is 0 Å². The number of fused-ring (bicyclic) bond motifs is 1. The summed E-state index contributed by atoms with van der Waals surface area (Å²) in [6, 6.07) is 17.7. The van der Waals surface area contributed by atoms with E-state index in [4.69, 9.17) is 4.74 Å². The van der Waals surface area contributed by atoms with Gasteiger partial charge in [-0.3, -0.25) is 0 Å². The smallest absolute Gasteiger partial charge is 0.150 e. The standard InChI is InChI=1S/C23H28N2O2/c1-3-25(4-2)15-10-16-27-23-20-14-9-8-13-19(20)21(17-26)24-22(23)18-11-6-5-7-12-18/h5-9,11-14,17,21,24H,3-4,10,15-16H2,1-2H3. The Morgan fingerprint density at radius 1 is 1.04 bits per heavy atom. The fraction of sp³-hybridized carbons (Fsp3) is 0.348. The lowest BCUT2D eigenvalue weighted by atomic mass is 9.93. The highest BCUT2D eigenvalue weighted by Gasteiger charge is 2.27. The topological polar surface area (TPSA) is 41.6 Å². The first kappa shape index (κ1) is 19.2. The summed E-state index contributed by atoms with van der Waals surface area (Å²) in [5, 5.41) is 3.37. The minimum Gasteiger partial charge on any atom is -0.491 e. The van der Waals surface area contributed by atoms with Gasteiger partial charge in [0.15, 0.2) is 5.76 Å². The molecule has 1 aliphatic heterocycles. The van der Waals surface area contributed by atoms with Crippen LogP contribution in [0.15, 0.2) is 54.6 Å². The van der Waals surface area contributed by atoms with Crippen LogP contribution in [0.1, 0.15) is 43.0 Å². The third kappa shape index (κ3) is 4.40. The van der Waals surface area contributed by atoms with E-state index < -0.39 is 0 Å². The maximum Gasteiger partial charge on any atom is 0.150 e. The Labute approximate surface area is 161 Å². The normalized spacial score (nSPS) is 16.0. The zero-order chi connectivity index (χ0) is 19.1. The van der Waals surface area contributed by atoms with E-state index in [1.165, 1.54) is 0 Å². The minimum atomic E-state index is -0.362. The Morgan fingerprint density at radius 2 is 1.74 bits per heavy atom. The highest BCUT2D eigenvalue weighted by atomic mass is 16.5. The summed E-state index contributed by atoms with van der Waals surface area (Å²) in [5.41, 5.74) is 3.87. The molecular formula is C23H28N2O2. The third-order valence-corrected chi connectivity index (χ3v) is 5.03. The van der Waals surface area contributed by atoms with Gasteiger partial charge in [-0.05, 0) is 25.1 Å². The van der Waals surface area contributed by atoms with Crippen molar-refractivity contribution in [3.8, 4) is 0 Å². The van der Waals surface area contributed by atoms with Crippen molar-refractivity contribution in [3.05, 3.63) is 71.3 Å². The van der Waals surface area contributed by atoms with Crippen molar-refractivity contribution in [2.45, 2.75) is 26.3 Å². The molecule has 27 heavy (non-hydrogen) atoms. The van der Waals surface area contributed by atoms with E-state index in [1.54, 1.807) is 0 Å². The number of carbonyl (C=O) groups excluding carboxylic acids is 1. The molecule has 0 saturated carbocycles. The van der Waals surface area contributed by atoms with Crippen LogP contribution in [0.4, 0.5) is 0 Å². The van der Waals surface area contributed by atoms with E-state index >= 15 is 0 Å². The van der Waals surface area contributed by atoms with Crippen LogP contribution in [0.25, 0.3) is 11.5 Å². The zero-order valence-corrected chi connectivity index (χ0v) is 16.2. The highest BCUT2D eigenvalue weighted by Crippen LogP contribution is 2.36. The number of carbonyl (C=O) groups is 1. The molecule has 0 aliphatic carbocycles. The van der Waals surface area contributed by atoms with Gasteiger partial charge in [0.1, 0.15) is 12.3 Å². The fourth-order valence-corrected chi connectivity index (χ4v) is 3.49. The van der Waals surface area contributed by atoms with Crippen molar-refractivity contribution in [2.75, 3.05) is 26.2 Å². The van der Waals surface area contributed by atoms with Gasteiger partial charge in [0.25, 0.3) is 0 Å². The maximum absolute atomic E-state index is 11.7. The monoisotopic (exact) mass is 364 g/mol. The van der Waals surface area contributed by atoms with Crippen molar-refractivity contribution < 1.29 is 9.53 Å². The lowest BCUT2D eigenvalue weighted by molar-refractivity contribution is -0.109. The Bertz CT molecular complexity index is 782. The molecule has 0 radical (unpaired) electrons. The molecule has 0 aromatic heterocycles. The van der Waals surface area contributed by atoms with Gasteiger partial charge in [0, 0.05) is 17.7 Å². The van der Waals surface area contributed by atoms with Crippen LogP contribution in [0.2, 0.25) is 0 Å². The molecule has 2 aromatic rings. The molecular weight excluding hydrogens is 336 g/mol. The van der Waals surface area contributed by atoms with Crippen molar-refractivity contribution in [2.24, 2.45) is 0 Å². The summed E-state index contributed by atoms with van der Waals surface area (Å²) >= 11 is 0. The molecule has 1 unspecified atom stereocenters. The quantitative estimate of drug-likeness (QED) is 0.537. The number of aldehydes is 1. The van der Waals surface area contributed by atoms with Gasteiger partial charge in [0.2, 0.25) is 0 Å². The summed E-state index contributed by atoms with van der Waals surface area (Å²) in [5.74, 6) is 0.828. The predicted octanol–water partition coefficient (Wildman–Crippen LogP) is 4.10. The first-order chi connectivity index (χ1) is 13.3. The predicted molar refractivity (Wildman–Crippen MR) is 110 cm³/mol. The summed E-state index contributed by atoms with van der Waals surface area (Å²) in [4.78, 5) is 14.1. The number of nitrogens with zero attached hydrogens (tertiary/aromatic N) is 1. The molecule has 4 nitrogen and oxygen atoms in total. The molecule has 0 spiro atoms. The van der Waals surface area contributed by atoms with E-state index in [2.05, 4.69) is 24.1 Å². The third-order valence-electron chi connectivity index (χ3n) is 5.03. The van der Waals surface area contributed by atoms with Gasteiger partial charge >= 0.3 is 0 Å². The van der Waals surface area contributed by atoms with E-state index in [0.717, 1.165) is 60.5 Å². The van der Waals surface area contributed by atoms with E-state index in [9.17, 15) is 4.79 Å². The number of ether oxygens (including phenoxy) is 1. The molecule has 0 bridgehead atoms. The Hall–Kier alpha value is -2.59. The summed E-state index contributed by atoms with van der Waals surface area (Å²) < 4.78 is 6.28. The average molecular weight is 364 g/mol. The number of hydrogen-bond donors (Lipinski definition) is 1. The molecule has 0 amide bonds. The molecule has 2 aromatic carbocycles. The molecule has 4 heteroatoms. The second-order valence-electron chi connectivity index (χ2n) is 6.64. The molecule has 1 N–H and O–H groups in total. The summed E-state index contributed by atoms with van der Waals surface area (Å²) in [6.45, 7) is 8.14. The molecule has 0 saturated heterocycles. The van der Waals surface area contributed by atoms with Gasteiger partial charge in [0.05, 0.1) is 12.3 Å². The minimum absolute atomic E-state index is 0.362. The first-order valence-corrected chi connectivity index (χ1v) is 9.74. The molecule has 142 valence electrons. The molecule has 1 aliphatic rings. The van der Waals surface area contributed by atoms with Crippen molar-refractivity contribution in [1.29, 1.82) is 0 Å². The van der Waals surface area contributed by atoms with Crippen LogP contribution in [0, 0.1) is 0 Å². The lowest BCUT2D eigenvalue weighted by Gasteiger charge is -2.29. The number of hydrogen-bond acceptors (Lipinski definition) is 4. The van der Waals surface area contributed by atoms with Crippen LogP contribution >= 0.6 is 0 Å². The SMILES string of the molecule is CCN(CC)CCCOC1=C(c2ccccc2)NC(C=O)c2ccccc21. The zero-order valence-electron chi connectivity index (χ0n) is 16.2. The van der Waals surface area contributed by atoms with Crippen molar-refractivity contribution >= 4 is 17.7 Å². The number of nitrogens with one attached hydrogen (secondary N) is 1.